The number of esters is 1. The predicted octanol–water partition coefficient (Wildman–Crippen LogP) is 4.23. The summed E-state index contributed by atoms with van der Waals surface area (Å²) in [5, 5.41) is 0. The van der Waals surface area contributed by atoms with Crippen LogP contribution in [0.25, 0.3) is 11.1 Å². The smallest absolute Gasteiger partial charge is 0.308 e. The minimum Gasteiger partial charge on any atom is -0.466 e. The third-order valence-electron chi connectivity index (χ3n) is 3.90. The molecule has 0 bridgehead atoms. The molecule has 4 heteroatoms. The summed E-state index contributed by atoms with van der Waals surface area (Å²) in [6.07, 6.45) is 1.40. The van der Waals surface area contributed by atoms with Gasteiger partial charge in [-0.1, -0.05) is 61.5 Å². The lowest BCUT2D eigenvalue weighted by Crippen LogP contribution is -2.29. The van der Waals surface area contributed by atoms with Crippen LogP contribution in [-0.2, 0) is 16.0 Å². The number of halogens is 1. The molecular weight excluding hydrogens is 322 g/mol. The van der Waals surface area contributed by atoms with Crippen molar-refractivity contribution in [2.24, 2.45) is 11.7 Å². The highest BCUT2D eigenvalue weighted by molar-refractivity contribution is 5.85. The van der Waals surface area contributed by atoms with Gasteiger partial charge in [-0.3, -0.25) is 4.79 Å². The fraction of sp³-hybridized carbons (Fsp3) is 0.350. The fourth-order valence-electron chi connectivity index (χ4n) is 2.68. The van der Waals surface area contributed by atoms with Crippen LogP contribution < -0.4 is 5.73 Å². The van der Waals surface area contributed by atoms with Crippen LogP contribution in [0.4, 0.5) is 0 Å². The molecule has 2 rings (SSSR count). The molecule has 130 valence electrons. The minimum atomic E-state index is -0.164. The average Bonchev–Trinajstić information content (AvgIpc) is 2.56. The molecule has 0 amide bonds. The summed E-state index contributed by atoms with van der Waals surface area (Å²) in [6.45, 7) is 4.11. The quantitative estimate of drug-likeness (QED) is 0.762. The van der Waals surface area contributed by atoms with E-state index in [1.165, 1.54) is 16.7 Å². The number of hydrogen-bond acceptors (Lipinski definition) is 3. The van der Waals surface area contributed by atoms with Gasteiger partial charge < -0.3 is 10.5 Å². The van der Waals surface area contributed by atoms with Crippen LogP contribution in [0.2, 0.25) is 0 Å². The Morgan fingerprint density at radius 1 is 1.04 bits per heavy atom. The lowest BCUT2D eigenvalue weighted by molar-refractivity contribution is -0.147. The lowest BCUT2D eigenvalue weighted by atomic mass is 9.95. The van der Waals surface area contributed by atoms with Crippen molar-refractivity contribution in [2.45, 2.75) is 32.7 Å². The van der Waals surface area contributed by atoms with Crippen molar-refractivity contribution in [3.8, 4) is 11.1 Å². The standard InChI is InChI=1S/C20H25NO2.ClH/c1-3-23-20(22)15(2)13-19(21)14-16-9-11-18(12-10-16)17-7-5-4-6-8-17;/h4-12,15,19H,3,13-14,21H2,1-2H3;1H/t15-,19+;/m1./s1. The Balaban J connectivity index is 0.00000288. The summed E-state index contributed by atoms with van der Waals surface area (Å²) in [6, 6.07) is 18.7. The highest BCUT2D eigenvalue weighted by Gasteiger charge is 2.17. The molecule has 0 spiro atoms. The number of carbonyl (C=O) groups is 1. The van der Waals surface area contributed by atoms with Crippen LogP contribution in [0.15, 0.2) is 54.6 Å². The van der Waals surface area contributed by atoms with E-state index in [0.717, 1.165) is 6.42 Å². The summed E-state index contributed by atoms with van der Waals surface area (Å²) in [4.78, 5) is 11.7. The fourth-order valence-corrected chi connectivity index (χ4v) is 2.68. The number of carbonyl (C=O) groups excluding carboxylic acids is 1. The molecule has 0 unspecified atom stereocenters. The van der Waals surface area contributed by atoms with Gasteiger partial charge in [-0.05, 0) is 36.5 Å². The van der Waals surface area contributed by atoms with E-state index < -0.39 is 0 Å². The van der Waals surface area contributed by atoms with E-state index in [9.17, 15) is 4.79 Å². The highest BCUT2D eigenvalue weighted by Crippen LogP contribution is 2.20. The molecular formula is C20H26ClNO2. The number of hydrogen-bond donors (Lipinski definition) is 1. The molecule has 0 aliphatic heterocycles. The molecule has 2 atom stereocenters. The Labute approximate surface area is 150 Å². The molecule has 0 radical (unpaired) electrons. The number of nitrogens with two attached hydrogens (primary N) is 1. The molecule has 0 heterocycles. The van der Waals surface area contributed by atoms with Crippen molar-refractivity contribution in [3.05, 3.63) is 60.2 Å². The third-order valence-corrected chi connectivity index (χ3v) is 3.90. The molecule has 2 aromatic rings. The van der Waals surface area contributed by atoms with Crippen LogP contribution in [-0.4, -0.2) is 18.6 Å². The number of benzene rings is 2. The average molecular weight is 348 g/mol. The second-order valence-electron chi connectivity index (χ2n) is 5.92. The van der Waals surface area contributed by atoms with Gasteiger partial charge in [0.05, 0.1) is 12.5 Å². The van der Waals surface area contributed by atoms with Gasteiger partial charge in [-0.2, -0.15) is 0 Å². The van der Waals surface area contributed by atoms with E-state index in [4.69, 9.17) is 10.5 Å². The number of rotatable bonds is 7. The van der Waals surface area contributed by atoms with Gasteiger partial charge in [-0.15, -0.1) is 12.4 Å². The molecule has 3 nitrogen and oxygen atoms in total. The van der Waals surface area contributed by atoms with Gasteiger partial charge in [0.15, 0.2) is 0 Å². The van der Waals surface area contributed by atoms with Gasteiger partial charge in [0.2, 0.25) is 0 Å². The van der Waals surface area contributed by atoms with Crippen molar-refractivity contribution < 1.29 is 9.53 Å². The van der Waals surface area contributed by atoms with E-state index in [1.54, 1.807) is 0 Å². The molecule has 0 aliphatic carbocycles. The van der Waals surface area contributed by atoms with Crippen molar-refractivity contribution >= 4 is 18.4 Å². The summed E-state index contributed by atoms with van der Waals surface area (Å²) >= 11 is 0. The Hall–Kier alpha value is -1.84. The van der Waals surface area contributed by atoms with Crippen molar-refractivity contribution in [2.75, 3.05) is 6.61 Å². The molecule has 0 aromatic heterocycles. The van der Waals surface area contributed by atoms with Gasteiger partial charge in [0.25, 0.3) is 0 Å². The Morgan fingerprint density at radius 2 is 1.62 bits per heavy atom. The SMILES string of the molecule is CCOC(=O)[C@H](C)C[C@H](N)Cc1ccc(-c2ccccc2)cc1.Cl. The molecule has 0 saturated heterocycles. The third kappa shape index (κ3) is 5.99. The normalized spacial score (nSPS) is 12.8. The molecule has 0 aliphatic rings. The first-order valence-corrected chi connectivity index (χ1v) is 8.16. The minimum absolute atomic E-state index is 0. The van der Waals surface area contributed by atoms with Gasteiger partial charge in [0, 0.05) is 6.04 Å². The zero-order chi connectivity index (χ0) is 16.7. The van der Waals surface area contributed by atoms with Crippen LogP contribution >= 0.6 is 12.4 Å². The van der Waals surface area contributed by atoms with Crippen LogP contribution in [0, 0.1) is 5.92 Å². The summed E-state index contributed by atoms with van der Waals surface area (Å²) in [7, 11) is 0. The van der Waals surface area contributed by atoms with E-state index >= 15 is 0 Å². The van der Waals surface area contributed by atoms with Crippen molar-refractivity contribution in [1.82, 2.24) is 0 Å². The first-order valence-electron chi connectivity index (χ1n) is 8.16. The van der Waals surface area contributed by atoms with E-state index in [0.29, 0.717) is 13.0 Å². The second kappa shape index (κ2) is 10.1. The Morgan fingerprint density at radius 3 is 2.21 bits per heavy atom. The van der Waals surface area contributed by atoms with Crippen LogP contribution in [0.1, 0.15) is 25.8 Å². The number of ether oxygens (including phenoxy) is 1. The topological polar surface area (TPSA) is 52.3 Å². The van der Waals surface area contributed by atoms with E-state index in [2.05, 4.69) is 36.4 Å². The van der Waals surface area contributed by atoms with Gasteiger partial charge >= 0.3 is 5.97 Å². The van der Waals surface area contributed by atoms with Crippen molar-refractivity contribution in [1.29, 1.82) is 0 Å². The summed E-state index contributed by atoms with van der Waals surface area (Å²) in [5.74, 6) is -0.323. The van der Waals surface area contributed by atoms with Gasteiger partial charge in [-0.25, -0.2) is 0 Å². The van der Waals surface area contributed by atoms with Crippen molar-refractivity contribution in [3.63, 3.8) is 0 Å². The van der Waals surface area contributed by atoms with Crippen LogP contribution in [0.5, 0.6) is 0 Å². The monoisotopic (exact) mass is 347 g/mol. The Kier molecular flexibility index (Phi) is 8.51. The molecule has 2 N–H and O–H groups in total. The Bertz CT molecular complexity index is 613. The predicted molar refractivity (Wildman–Crippen MR) is 101 cm³/mol. The largest absolute Gasteiger partial charge is 0.466 e. The first-order chi connectivity index (χ1) is 11.1. The summed E-state index contributed by atoms with van der Waals surface area (Å²) < 4.78 is 5.02. The molecule has 2 aromatic carbocycles. The molecule has 0 saturated carbocycles. The maximum Gasteiger partial charge on any atom is 0.308 e. The lowest BCUT2D eigenvalue weighted by Gasteiger charge is -2.16. The molecule has 24 heavy (non-hydrogen) atoms. The van der Waals surface area contributed by atoms with Crippen LogP contribution in [0.3, 0.4) is 0 Å². The zero-order valence-corrected chi connectivity index (χ0v) is 15.1. The highest BCUT2D eigenvalue weighted by atomic mass is 35.5. The first kappa shape index (κ1) is 20.2. The van der Waals surface area contributed by atoms with E-state index in [-0.39, 0.29) is 30.3 Å². The van der Waals surface area contributed by atoms with Gasteiger partial charge in [0.1, 0.15) is 0 Å². The maximum atomic E-state index is 11.7. The van der Waals surface area contributed by atoms with E-state index in [1.807, 2.05) is 32.0 Å². The maximum absolute atomic E-state index is 11.7. The zero-order valence-electron chi connectivity index (χ0n) is 14.3. The second-order valence-corrected chi connectivity index (χ2v) is 5.92. The summed E-state index contributed by atoms with van der Waals surface area (Å²) in [5.41, 5.74) is 9.77. The molecule has 0 fully saturated rings.